The monoisotopic (exact) mass is 336 g/mol. The van der Waals surface area contributed by atoms with Crippen LogP contribution >= 0.6 is 11.8 Å². The largest absolute Gasteiger partial charge is 0.390 e. The third-order valence-electron chi connectivity index (χ3n) is 3.25. The first kappa shape index (κ1) is 21.9. The molecule has 0 aromatic carbocycles. The van der Waals surface area contributed by atoms with Crippen molar-refractivity contribution in [3.05, 3.63) is 0 Å². The molecule has 0 aromatic heterocycles. The van der Waals surface area contributed by atoms with Crippen molar-refractivity contribution >= 4 is 17.5 Å². The second-order valence-electron chi connectivity index (χ2n) is 5.12. The zero-order chi connectivity index (χ0) is 16.6. The number of thioether (sulfide) groups is 1. The molecule has 0 saturated carbocycles. The minimum absolute atomic E-state index is 0.162. The van der Waals surface area contributed by atoms with Crippen LogP contribution in [0.15, 0.2) is 0 Å². The summed E-state index contributed by atoms with van der Waals surface area (Å²) in [7, 11) is 0. The van der Waals surface area contributed by atoms with Gasteiger partial charge in [-0.05, 0) is 32.4 Å². The lowest BCUT2D eigenvalue weighted by molar-refractivity contribution is -0.120. The van der Waals surface area contributed by atoms with E-state index >= 15 is 0 Å². The number of aliphatic hydroxyl groups excluding tert-OH is 1. The Kier molecular flexibility index (Phi) is 15.6. The molecule has 1 N–H and O–H groups in total. The molecule has 0 aliphatic rings. The number of hydrogen-bond acceptors (Lipinski definition) is 6. The molecule has 1 unspecified atom stereocenters. The minimum Gasteiger partial charge on any atom is -0.390 e. The summed E-state index contributed by atoms with van der Waals surface area (Å²) in [6.45, 7) is 8.85. The molecule has 0 rings (SSSR count). The molecule has 0 aromatic rings. The highest BCUT2D eigenvalue weighted by atomic mass is 32.2. The molecule has 0 heterocycles. The molecular weight excluding hydrogens is 304 g/mol. The maximum atomic E-state index is 11.3. The number of aliphatic hydroxyl groups is 1. The van der Waals surface area contributed by atoms with Crippen LogP contribution in [0, 0.1) is 5.92 Å². The van der Waals surface area contributed by atoms with Gasteiger partial charge in [0.2, 0.25) is 0 Å². The van der Waals surface area contributed by atoms with E-state index in [1.807, 2.05) is 13.8 Å². The summed E-state index contributed by atoms with van der Waals surface area (Å²) in [5.74, 6) is 1.96. The molecule has 6 heteroatoms. The molecule has 0 fully saturated rings. The molecule has 0 spiro atoms. The maximum Gasteiger partial charge on any atom is 0.132 e. The van der Waals surface area contributed by atoms with Crippen molar-refractivity contribution in [2.75, 3.05) is 51.1 Å². The van der Waals surface area contributed by atoms with Gasteiger partial charge in [-0.2, -0.15) is 11.8 Å². The molecule has 0 aliphatic heterocycles. The highest BCUT2D eigenvalue weighted by Crippen LogP contribution is 2.14. The fourth-order valence-corrected chi connectivity index (χ4v) is 2.88. The Balaban J connectivity index is 3.36. The Morgan fingerprint density at radius 2 is 1.73 bits per heavy atom. The quantitative estimate of drug-likeness (QED) is 0.436. The van der Waals surface area contributed by atoms with Crippen LogP contribution in [0.2, 0.25) is 0 Å². The van der Waals surface area contributed by atoms with Crippen LogP contribution in [-0.4, -0.2) is 68.1 Å². The molecule has 5 nitrogen and oxygen atoms in total. The highest BCUT2D eigenvalue weighted by Gasteiger charge is 2.11. The van der Waals surface area contributed by atoms with Crippen LogP contribution in [0.25, 0.3) is 0 Å². The summed E-state index contributed by atoms with van der Waals surface area (Å²) in [6, 6.07) is 0. The predicted octanol–water partition coefficient (Wildman–Crippen LogP) is 2.16. The number of carbonyl (C=O) groups is 1. The average molecular weight is 336 g/mol. The second-order valence-corrected chi connectivity index (χ2v) is 6.27. The number of carbonyl (C=O) groups excluding carboxylic acids is 1. The molecule has 22 heavy (non-hydrogen) atoms. The maximum absolute atomic E-state index is 11.3. The van der Waals surface area contributed by atoms with Crippen molar-refractivity contribution in [3.63, 3.8) is 0 Å². The van der Waals surface area contributed by atoms with Crippen molar-refractivity contribution in [1.82, 2.24) is 0 Å². The van der Waals surface area contributed by atoms with Gasteiger partial charge in [0.25, 0.3) is 0 Å². The van der Waals surface area contributed by atoms with Crippen molar-refractivity contribution < 1.29 is 24.1 Å². The van der Waals surface area contributed by atoms with Crippen LogP contribution in [0.5, 0.6) is 0 Å². The van der Waals surface area contributed by atoms with Gasteiger partial charge in [-0.3, -0.25) is 4.79 Å². The van der Waals surface area contributed by atoms with Gasteiger partial charge in [-0.1, -0.05) is 6.92 Å². The van der Waals surface area contributed by atoms with Crippen molar-refractivity contribution in [2.45, 2.75) is 39.7 Å². The van der Waals surface area contributed by atoms with E-state index in [0.717, 1.165) is 18.6 Å². The van der Waals surface area contributed by atoms with Gasteiger partial charge in [0.15, 0.2) is 0 Å². The van der Waals surface area contributed by atoms with Crippen LogP contribution in [0.4, 0.5) is 0 Å². The van der Waals surface area contributed by atoms with Gasteiger partial charge in [-0.15, -0.1) is 0 Å². The number of rotatable bonds is 16. The van der Waals surface area contributed by atoms with Gasteiger partial charge in [0.1, 0.15) is 5.78 Å². The zero-order valence-electron chi connectivity index (χ0n) is 14.2. The van der Waals surface area contributed by atoms with E-state index in [1.165, 1.54) is 0 Å². The number of hydrogen-bond donors (Lipinski definition) is 1. The lowest BCUT2D eigenvalue weighted by Crippen LogP contribution is -2.20. The summed E-state index contributed by atoms with van der Waals surface area (Å²) in [5.41, 5.74) is 0. The molecular formula is C16H32O5S. The molecule has 0 bridgehead atoms. The first-order valence-electron chi connectivity index (χ1n) is 8.11. The van der Waals surface area contributed by atoms with Crippen molar-refractivity contribution in [2.24, 2.45) is 5.92 Å². The Hall–Kier alpha value is -0.140. The van der Waals surface area contributed by atoms with E-state index < -0.39 is 6.10 Å². The summed E-state index contributed by atoms with van der Waals surface area (Å²) < 4.78 is 15.8. The Morgan fingerprint density at radius 3 is 2.32 bits per heavy atom. The number of ether oxygens (including phenoxy) is 3. The topological polar surface area (TPSA) is 65.0 Å². The molecule has 2 atom stereocenters. The molecule has 0 radical (unpaired) electrons. The summed E-state index contributed by atoms with van der Waals surface area (Å²) >= 11 is 1.67. The van der Waals surface area contributed by atoms with E-state index in [1.54, 1.807) is 18.7 Å². The zero-order valence-corrected chi connectivity index (χ0v) is 15.0. The Bertz CT molecular complexity index is 263. The van der Waals surface area contributed by atoms with E-state index in [4.69, 9.17) is 14.2 Å². The fourth-order valence-electron chi connectivity index (χ4n) is 1.89. The van der Waals surface area contributed by atoms with E-state index in [9.17, 15) is 9.90 Å². The number of Topliss-reactive ketones (excluding diaryl/α,β-unsaturated/α-hetero) is 1. The van der Waals surface area contributed by atoms with Gasteiger partial charge in [0.05, 0.1) is 39.1 Å². The highest BCUT2D eigenvalue weighted by molar-refractivity contribution is 7.99. The molecule has 0 amide bonds. The lowest BCUT2D eigenvalue weighted by atomic mass is 10.00. The van der Waals surface area contributed by atoms with Gasteiger partial charge in [-0.25, -0.2) is 0 Å². The van der Waals surface area contributed by atoms with Gasteiger partial charge >= 0.3 is 0 Å². The summed E-state index contributed by atoms with van der Waals surface area (Å²) in [5, 5.41) is 9.78. The first-order valence-corrected chi connectivity index (χ1v) is 9.26. The normalized spacial score (nSPS) is 14.0. The fraction of sp³-hybridized carbons (Fsp3) is 0.938. The predicted molar refractivity (Wildman–Crippen MR) is 90.5 cm³/mol. The van der Waals surface area contributed by atoms with E-state index in [2.05, 4.69) is 0 Å². The van der Waals surface area contributed by atoms with Crippen molar-refractivity contribution in [1.29, 1.82) is 0 Å². The van der Waals surface area contributed by atoms with Crippen LogP contribution in [0.1, 0.15) is 33.6 Å². The first-order chi connectivity index (χ1) is 10.6. The van der Waals surface area contributed by atoms with Gasteiger partial charge < -0.3 is 19.3 Å². The van der Waals surface area contributed by atoms with Gasteiger partial charge in [0, 0.05) is 18.3 Å². The summed E-state index contributed by atoms with van der Waals surface area (Å²) in [6.07, 6.45) is 1.31. The van der Waals surface area contributed by atoms with E-state index in [-0.39, 0.29) is 11.7 Å². The van der Waals surface area contributed by atoms with Crippen molar-refractivity contribution in [3.8, 4) is 0 Å². The Labute approximate surface area is 139 Å². The molecule has 0 aliphatic carbocycles. The third-order valence-corrected chi connectivity index (χ3v) is 4.39. The van der Waals surface area contributed by atoms with Crippen LogP contribution in [-0.2, 0) is 19.0 Å². The average Bonchev–Trinajstić information content (AvgIpc) is 2.49. The van der Waals surface area contributed by atoms with Crippen LogP contribution < -0.4 is 0 Å². The molecule has 0 saturated heterocycles. The van der Waals surface area contributed by atoms with E-state index in [0.29, 0.717) is 45.4 Å². The number of ketones is 1. The SMILES string of the molecule is CCOCCOCCOCC(O)CSCC[C@H](CC)C(C)=O. The standard InChI is InChI=1S/C16H32O5S/c1-4-15(14(3)17)6-11-22-13-16(18)12-21-10-9-20-8-7-19-5-2/h15-16,18H,4-13H2,1-3H3/t15-,16?/m0/s1. The minimum atomic E-state index is -0.467. The summed E-state index contributed by atoms with van der Waals surface area (Å²) in [4.78, 5) is 11.3. The Morgan fingerprint density at radius 1 is 1.09 bits per heavy atom. The second kappa shape index (κ2) is 15.7. The molecule has 132 valence electrons. The lowest BCUT2D eigenvalue weighted by Gasteiger charge is -2.13. The third kappa shape index (κ3) is 13.5. The smallest absolute Gasteiger partial charge is 0.132 e. The van der Waals surface area contributed by atoms with Crippen LogP contribution in [0.3, 0.4) is 0 Å².